The SMILES string of the molecule is CCOC1CC(NC(=O)NC2CCCC2C(=O)O)C1. The van der Waals surface area contributed by atoms with Crippen LogP contribution in [0.25, 0.3) is 0 Å². The predicted octanol–water partition coefficient (Wildman–Crippen LogP) is 1.11. The molecule has 0 bridgehead atoms. The van der Waals surface area contributed by atoms with Gasteiger partial charge < -0.3 is 20.5 Å². The molecule has 19 heavy (non-hydrogen) atoms. The van der Waals surface area contributed by atoms with Crippen molar-refractivity contribution in [2.75, 3.05) is 6.61 Å². The van der Waals surface area contributed by atoms with Gasteiger partial charge in [-0.05, 0) is 32.6 Å². The summed E-state index contributed by atoms with van der Waals surface area (Å²) in [5, 5.41) is 14.7. The van der Waals surface area contributed by atoms with Gasteiger partial charge in [0.1, 0.15) is 0 Å². The highest BCUT2D eigenvalue weighted by atomic mass is 16.5. The van der Waals surface area contributed by atoms with E-state index in [4.69, 9.17) is 9.84 Å². The zero-order valence-electron chi connectivity index (χ0n) is 11.2. The molecule has 0 radical (unpaired) electrons. The number of ether oxygens (including phenoxy) is 1. The van der Waals surface area contributed by atoms with Crippen LogP contribution in [0.1, 0.15) is 39.0 Å². The minimum absolute atomic E-state index is 0.154. The predicted molar refractivity (Wildman–Crippen MR) is 68.9 cm³/mol. The van der Waals surface area contributed by atoms with Gasteiger partial charge in [0, 0.05) is 18.7 Å². The zero-order valence-corrected chi connectivity index (χ0v) is 11.2. The van der Waals surface area contributed by atoms with E-state index < -0.39 is 11.9 Å². The number of rotatable bonds is 5. The highest BCUT2D eigenvalue weighted by Crippen LogP contribution is 2.26. The smallest absolute Gasteiger partial charge is 0.315 e. The standard InChI is InChI=1S/C13H22N2O4/c1-2-19-9-6-8(7-9)14-13(18)15-11-5-3-4-10(11)12(16)17/h8-11H,2-7H2,1H3,(H,16,17)(H2,14,15,18). The molecule has 108 valence electrons. The molecule has 2 aliphatic rings. The topological polar surface area (TPSA) is 87.7 Å². The van der Waals surface area contributed by atoms with Crippen LogP contribution in [0.15, 0.2) is 0 Å². The Kier molecular flexibility index (Phi) is 4.63. The van der Waals surface area contributed by atoms with Crippen molar-refractivity contribution >= 4 is 12.0 Å². The molecular formula is C13H22N2O4. The highest BCUT2D eigenvalue weighted by Gasteiger charge is 2.35. The van der Waals surface area contributed by atoms with Gasteiger partial charge >= 0.3 is 12.0 Å². The Morgan fingerprint density at radius 3 is 2.63 bits per heavy atom. The Morgan fingerprint density at radius 1 is 1.26 bits per heavy atom. The summed E-state index contributed by atoms with van der Waals surface area (Å²) < 4.78 is 5.42. The normalized spacial score (nSPS) is 33.5. The maximum absolute atomic E-state index is 11.8. The van der Waals surface area contributed by atoms with Crippen LogP contribution in [-0.2, 0) is 9.53 Å². The lowest BCUT2D eigenvalue weighted by Gasteiger charge is -2.35. The van der Waals surface area contributed by atoms with E-state index in [-0.39, 0.29) is 24.2 Å². The van der Waals surface area contributed by atoms with E-state index in [1.54, 1.807) is 0 Å². The van der Waals surface area contributed by atoms with Crippen molar-refractivity contribution in [3.8, 4) is 0 Å². The molecule has 0 aromatic rings. The number of urea groups is 1. The van der Waals surface area contributed by atoms with Crippen molar-refractivity contribution in [3.05, 3.63) is 0 Å². The number of nitrogens with one attached hydrogen (secondary N) is 2. The summed E-state index contributed by atoms with van der Waals surface area (Å²) in [6.45, 7) is 2.66. The molecule has 2 aliphatic carbocycles. The highest BCUT2D eigenvalue weighted by molar-refractivity contribution is 5.77. The lowest BCUT2D eigenvalue weighted by atomic mass is 9.89. The van der Waals surface area contributed by atoms with Crippen LogP contribution in [0.3, 0.4) is 0 Å². The molecule has 0 aliphatic heterocycles. The van der Waals surface area contributed by atoms with E-state index in [9.17, 15) is 9.59 Å². The Hall–Kier alpha value is -1.30. The molecule has 0 aromatic heterocycles. The number of carboxylic acids is 1. The van der Waals surface area contributed by atoms with Gasteiger partial charge in [-0.15, -0.1) is 0 Å². The molecule has 0 aromatic carbocycles. The number of amides is 2. The average molecular weight is 270 g/mol. The van der Waals surface area contributed by atoms with Gasteiger partial charge in [-0.3, -0.25) is 4.79 Å². The van der Waals surface area contributed by atoms with E-state index in [0.29, 0.717) is 13.0 Å². The van der Waals surface area contributed by atoms with E-state index in [1.807, 2.05) is 6.92 Å². The number of aliphatic carboxylic acids is 1. The molecule has 6 nitrogen and oxygen atoms in total. The molecule has 3 N–H and O–H groups in total. The van der Waals surface area contributed by atoms with E-state index in [2.05, 4.69) is 10.6 Å². The molecule has 2 fully saturated rings. The summed E-state index contributed by atoms with van der Waals surface area (Å²) in [4.78, 5) is 22.8. The molecule has 2 amide bonds. The van der Waals surface area contributed by atoms with Crippen molar-refractivity contribution in [1.29, 1.82) is 0 Å². The second-order valence-electron chi connectivity index (χ2n) is 5.35. The second kappa shape index (κ2) is 6.23. The molecule has 2 saturated carbocycles. The third kappa shape index (κ3) is 3.59. The van der Waals surface area contributed by atoms with Gasteiger partial charge in [0.15, 0.2) is 0 Å². The van der Waals surface area contributed by atoms with Gasteiger partial charge in [-0.25, -0.2) is 4.79 Å². The van der Waals surface area contributed by atoms with Gasteiger partial charge in [0.05, 0.1) is 12.0 Å². The molecule has 2 atom stereocenters. The van der Waals surface area contributed by atoms with Crippen LogP contribution < -0.4 is 10.6 Å². The summed E-state index contributed by atoms with van der Waals surface area (Å²) in [7, 11) is 0. The maximum Gasteiger partial charge on any atom is 0.315 e. The second-order valence-corrected chi connectivity index (χ2v) is 5.35. The Bertz CT molecular complexity index is 342. The van der Waals surface area contributed by atoms with Gasteiger partial charge in [-0.1, -0.05) is 6.42 Å². The monoisotopic (exact) mass is 270 g/mol. The lowest BCUT2D eigenvalue weighted by molar-refractivity contribution is -0.142. The Morgan fingerprint density at radius 2 is 2.00 bits per heavy atom. The Balaban J connectivity index is 1.69. The lowest BCUT2D eigenvalue weighted by Crippen LogP contribution is -2.53. The average Bonchev–Trinajstić information content (AvgIpc) is 2.74. The number of hydrogen-bond acceptors (Lipinski definition) is 3. The number of carbonyl (C=O) groups is 2. The fraction of sp³-hybridized carbons (Fsp3) is 0.846. The molecular weight excluding hydrogens is 248 g/mol. The van der Waals surface area contributed by atoms with Crippen molar-refractivity contribution in [2.45, 2.75) is 57.2 Å². The summed E-state index contributed by atoms with van der Waals surface area (Å²) in [5.41, 5.74) is 0. The summed E-state index contributed by atoms with van der Waals surface area (Å²) >= 11 is 0. The van der Waals surface area contributed by atoms with Gasteiger partial charge in [0.25, 0.3) is 0 Å². The number of carbonyl (C=O) groups excluding carboxylic acids is 1. The maximum atomic E-state index is 11.8. The minimum atomic E-state index is -0.817. The minimum Gasteiger partial charge on any atom is -0.481 e. The van der Waals surface area contributed by atoms with Crippen LogP contribution in [0.2, 0.25) is 0 Å². The number of hydrogen-bond donors (Lipinski definition) is 3. The first kappa shape index (κ1) is 14.1. The van der Waals surface area contributed by atoms with Crippen LogP contribution >= 0.6 is 0 Å². The van der Waals surface area contributed by atoms with Crippen molar-refractivity contribution < 1.29 is 19.4 Å². The first-order valence-corrected chi connectivity index (χ1v) is 7.01. The third-order valence-electron chi connectivity index (χ3n) is 3.98. The number of carboxylic acid groups (broad SMARTS) is 1. The fourth-order valence-corrected chi connectivity index (χ4v) is 2.88. The first-order valence-electron chi connectivity index (χ1n) is 7.01. The van der Waals surface area contributed by atoms with E-state index in [0.717, 1.165) is 25.7 Å². The van der Waals surface area contributed by atoms with Crippen LogP contribution in [-0.4, -0.2) is 41.9 Å². The zero-order chi connectivity index (χ0) is 13.8. The van der Waals surface area contributed by atoms with Crippen LogP contribution in [0.4, 0.5) is 4.79 Å². The summed E-state index contributed by atoms with van der Waals surface area (Å²) in [6, 6.07) is -0.334. The largest absolute Gasteiger partial charge is 0.481 e. The van der Waals surface area contributed by atoms with Crippen LogP contribution in [0, 0.1) is 5.92 Å². The summed E-state index contributed by atoms with van der Waals surface area (Å²) in [5.74, 6) is -1.26. The van der Waals surface area contributed by atoms with Crippen molar-refractivity contribution in [3.63, 3.8) is 0 Å². The molecule has 0 saturated heterocycles. The summed E-state index contributed by atoms with van der Waals surface area (Å²) in [6.07, 6.45) is 4.20. The van der Waals surface area contributed by atoms with Crippen molar-refractivity contribution in [2.24, 2.45) is 5.92 Å². The van der Waals surface area contributed by atoms with Gasteiger partial charge in [-0.2, -0.15) is 0 Å². The molecule has 6 heteroatoms. The fourth-order valence-electron chi connectivity index (χ4n) is 2.88. The van der Waals surface area contributed by atoms with E-state index in [1.165, 1.54) is 0 Å². The van der Waals surface area contributed by atoms with Crippen molar-refractivity contribution in [1.82, 2.24) is 10.6 Å². The molecule has 0 spiro atoms. The molecule has 2 rings (SSSR count). The first-order chi connectivity index (χ1) is 9.10. The quantitative estimate of drug-likeness (QED) is 0.698. The molecule has 2 unspecified atom stereocenters. The Labute approximate surface area is 112 Å². The van der Waals surface area contributed by atoms with E-state index >= 15 is 0 Å². The third-order valence-corrected chi connectivity index (χ3v) is 3.98. The van der Waals surface area contributed by atoms with Gasteiger partial charge in [0.2, 0.25) is 0 Å². The molecule has 0 heterocycles. The van der Waals surface area contributed by atoms with Crippen LogP contribution in [0.5, 0.6) is 0 Å².